The number of aliphatic hydroxyl groups excluding tert-OH is 1. The van der Waals surface area contributed by atoms with Gasteiger partial charge in [-0.1, -0.05) is 12.1 Å². The van der Waals surface area contributed by atoms with Crippen molar-refractivity contribution in [3.05, 3.63) is 29.8 Å². The van der Waals surface area contributed by atoms with Gasteiger partial charge in [0.1, 0.15) is 0 Å². The van der Waals surface area contributed by atoms with Gasteiger partial charge in [0, 0.05) is 23.7 Å². The van der Waals surface area contributed by atoms with Crippen molar-refractivity contribution in [3.63, 3.8) is 0 Å². The number of hydrogen-bond donors (Lipinski definition) is 3. The average molecular weight is 329 g/mol. The van der Waals surface area contributed by atoms with Crippen LogP contribution in [0.15, 0.2) is 24.3 Å². The molecule has 1 fully saturated rings. The van der Waals surface area contributed by atoms with Gasteiger partial charge < -0.3 is 20.5 Å². The Bertz CT molecular complexity index is 716. The quantitative estimate of drug-likeness (QED) is 0.690. The summed E-state index contributed by atoms with van der Waals surface area (Å²) in [4.78, 5) is 24.6. The summed E-state index contributed by atoms with van der Waals surface area (Å²) in [5, 5.41) is 14.7. The van der Waals surface area contributed by atoms with Crippen molar-refractivity contribution in [1.82, 2.24) is 20.3 Å². The van der Waals surface area contributed by atoms with Crippen molar-refractivity contribution in [2.45, 2.75) is 18.9 Å². The van der Waals surface area contributed by atoms with Gasteiger partial charge in [-0.15, -0.1) is 0 Å². The molecular formula is C16H19N5O3. The Labute approximate surface area is 139 Å². The highest BCUT2D eigenvalue weighted by Gasteiger charge is 2.23. The summed E-state index contributed by atoms with van der Waals surface area (Å²) < 4.78 is 5.08. The fraction of sp³-hybridized carbons (Fsp3) is 0.375. The normalized spacial score (nSPS) is 13.4. The minimum Gasteiger partial charge on any atom is -0.467 e. The zero-order chi connectivity index (χ0) is 16.9. The molecular weight excluding hydrogens is 310 g/mol. The van der Waals surface area contributed by atoms with Crippen LogP contribution in [0.5, 0.6) is 6.01 Å². The molecule has 1 amide bonds. The summed E-state index contributed by atoms with van der Waals surface area (Å²) in [6.45, 7) is 0.293. The van der Waals surface area contributed by atoms with Crippen LogP contribution in [0.3, 0.4) is 0 Å². The van der Waals surface area contributed by atoms with Crippen molar-refractivity contribution in [1.29, 1.82) is 0 Å². The van der Waals surface area contributed by atoms with Crippen LogP contribution in [-0.4, -0.2) is 52.3 Å². The Morgan fingerprint density at radius 1 is 1.25 bits per heavy atom. The second-order valence-corrected chi connectivity index (χ2v) is 5.44. The van der Waals surface area contributed by atoms with Gasteiger partial charge in [0.15, 0.2) is 5.82 Å². The molecule has 126 valence electrons. The SMILES string of the molecule is COc1nc(NCCO)nc(-c2ccc(C(=O)NC3CC3)cc2)n1. The summed E-state index contributed by atoms with van der Waals surface area (Å²) in [5.74, 6) is 0.681. The van der Waals surface area contributed by atoms with Gasteiger partial charge in [-0.2, -0.15) is 15.0 Å². The molecule has 1 aromatic carbocycles. The van der Waals surface area contributed by atoms with Crippen LogP contribution in [0.4, 0.5) is 5.95 Å². The Kier molecular flexibility index (Phi) is 4.85. The highest BCUT2D eigenvalue weighted by molar-refractivity contribution is 5.94. The lowest BCUT2D eigenvalue weighted by Gasteiger charge is -2.08. The Hall–Kier alpha value is -2.74. The summed E-state index contributed by atoms with van der Waals surface area (Å²) in [6.07, 6.45) is 2.11. The van der Waals surface area contributed by atoms with E-state index in [4.69, 9.17) is 9.84 Å². The van der Waals surface area contributed by atoms with E-state index in [-0.39, 0.29) is 18.5 Å². The molecule has 0 spiro atoms. The van der Waals surface area contributed by atoms with Crippen LogP contribution < -0.4 is 15.4 Å². The molecule has 0 atom stereocenters. The summed E-state index contributed by atoms with van der Waals surface area (Å²) in [5.41, 5.74) is 1.34. The molecule has 0 saturated heterocycles. The first-order valence-corrected chi connectivity index (χ1v) is 7.75. The van der Waals surface area contributed by atoms with Crippen LogP contribution in [0.1, 0.15) is 23.2 Å². The molecule has 0 aliphatic heterocycles. The fourth-order valence-electron chi connectivity index (χ4n) is 2.09. The largest absolute Gasteiger partial charge is 0.467 e. The van der Waals surface area contributed by atoms with Gasteiger partial charge in [-0.3, -0.25) is 4.79 Å². The predicted octanol–water partition coefficient (Wildman–Crippen LogP) is 0.844. The van der Waals surface area contributed by atoms with Gasteiger partial charge >= 0.3 is 6.01 Å². The minimum atomic E-state index is -0.0671. The molecule has 3 N–H and O–H groups in total. The van der Waals surface area contributed by atoms with E-state index in [2.05, 4.69) is 25.6 Å². The number of nitrogens with zero attached hydrogens (tertiary/aromatic N) is 3. The highest BCUT2D eigenvalue weighted by atomic mass is 16.5. The van der Waals surface area contributed by atoms with E-state index in [0.29, 0.717) is 29.9 Å². The minimum absolute atomic E-state index is 0.0336. The number of methoxy groups -OCH3 is 1. The van der Waals surface area contributed by atoms with Crippen LogP contribution in [0.25, 0.3) is 11.4 Å². The first kappa shape index (κ1) is 16.1. The number of rotatable bonds is 7. The summed E-state index contributed by atoms with van der Waals surface area (Å²) in [7, 11) is 1.47. The van der Waals surface area contributed by atoms with Crippen molar-refractivity contribution in [3.8, 4) is 17.4 Å². The molecule has 0 unspecified atom stereocenters. The monoisotopic (exact) mass is 329 g/mol. The maximum Gasteiger partial charge on any atom is 0.321 e. The first-order valence-electron chi connectivity index (χ1n) is 7.75. The molecule has 0 radical (unpaired) electrons. The molecule has 1 heterocycles. The number of aliphatic hydroxyl groups is 1. The molecule has 8 nitrogen and oxygen atoms in total. The van der Waals surface area contributed by atoms with Gasteiger partial charge in [0.05, 0.1) is 13.7 Å². The summed E-state index contributed by atoms with van der Waals surface area (Å²) >= 11 is 0. The number of carbonyl (C=O) groups is 1. The molecule has 1 aromatic heterocycles. The third-order valence-electron chi connectivity index (χ3n) is 3.51. The number of amides is 1. The molecule has 2 aromatic rings. The van der Waals surface area contributed by atoms with Gasteiger partial charge in [0.2, 0.25) is 5.95 Å². The van der Waals surface area contributed by atoms with Gasteiger partial charge in [-0.25, -0.2) is 0 Å². The number of hydrogen-bond acceptors (Lipinski definition) is 7. The number of anilines is 1. The van der Waals surface area contributed by atoms with Gasteiger partial charge in [-0.05, 0) is 25.0 Å². The van der Waals surface area contributed by atoms with Gasteiger partial charge in [0.25, 0.3) is 5.91 Å². The molecule has 0 bridgehead atoms. The van der Waals surface area contributed by atoms with E-state index in [1.54, 1.807) is 24.3 Å². The Morgan fingerprint density at radius 3 is 2.62 bits per heavy atom. The second-order valence-electron chi connectivity index (χ2n) is 5.44. The van der Waals surface area contributed by atoms with Crippen LogP contribution in [0, 0.1) is 0 Å². The third kappa shape index (κ3) is 3.96. The lowest BCUT2D eigenvalue weighted by Crippen LogP contribution is -2.25. The number of aromatic nitrogens is 3. The first-order chi connectivity index (χ1) is 11.7. The van der Waals surface area contributed by atoms with Crippen LogP contribution >= 0.6 is 0 Å². The average Bonchev–Trinajstić information content (AvgIpc) is 3.43. The molecule has 1 saturated carbocycles. The number of nitrogens with one attached hydrogen (secondary N) is 2. The third-order valence-corrected chi connectivity index (χ3v) is 3.51. The molecule has 8 heteroatoms. The number of ether oxygens (including phenoxy) is 1. The second kappa shape index (κ2) is 7.22. The molecule has 24 heavy (non-hydrogen) atoms. The highest BCUT2D eigenvalue weighted by Crippen LogP contribution is 2.21. The molecule has 1 aliphatic carbocycles. The standard InChI is InChI=1S/C16H19N5O3/c1-24-16-20-13(19-15(21-16)17-8-9-22)10-2-4-11(5-3-10)14(23)18-12-6-7-12/h2-5,12,22H,6-9H2,1H3,(H,18,23)(H,17,19,20,21). The van der Waals surface area contributed by atoms with Crippen molar-refractivity contribution in [2.75, 3.05) is 25.6 Å². The van der Waals surface area contributed by atoms with Crippen LogP contribution in [-0.2, 0) is 0 Å². The van der Waals surface area contributed by atoms with E-state index in [0.717, 1.165) is 18.4 Å². The van der Waals surface area contributed by atoms with Crippen molar-refractivity contribution in [2.24, 2.45) is 0 Å². The molecule has 1 aliphatic rings. The van der Waals surface area contributed by atoms with E-state index in [1.165, 1.54) is 7.11 Å². The van der Waals surface area contributed by atoms with E-state index >= 15 is 0 Å². The smallest absolute Gasteiger partial charge is 0.321 e. The zero-order valence-electron chi connectivity index (χ0n) is 13.3. The van der Waals surface area contributed by atoms with Crippen molar-refractivity contribution >= 4 is 11.9 Å². The maximum atomic E-state index is 12.0. The summed E-state index contributed by atoms with van der Waals surface area (Å²) in [6, 6.07) is 7.55. The van der Waals surface area contributed by atoms with E-state index in [9.17, 15) is 4.79 Å². The predicted molar refractivity (Wildman–Crippen MR) is 87.9 cm³/mol. The fourth-order valence-corrected chi connectivity index (χ4v) is 2.09. The van der Waals surface area contributed by atoms with Crippen molar-refractivity contribution < 1.29 is 14.6 Å². The van der Waals surface area contributed by atoms with Crippen LogP contribution in [0.2, 0.25) is 0 Å². The Balaban J connectivity index is 1.80. The number of benzene rings is 1. The maximum absolute atomic E-state index is 12.0. The topological polar surface area (TPSA) is 109 Å². The zero-order valence-corrected chi connectivity index (χ0v) is 13.3. The lowest BCUT2D eigenvalue weighted by molar-refractivity contribution is 0.0951. The Morgan fingerprint density at radius 2 is 2.00 bits per heavy atom. The molecule has 3 rings (SSSR count). The number of carbonyl (C=O) groups excluding carboxylic acids is 1. The lowest BCUT2D eigenvalue weighted by atomic mass is 10.1. The van der Waals surface area contributed by atoms with E-state index < -0.39 is 0 Å². The van der Waals surface area contributed by atoms with E-state index in [1.807, 2.05) is 0 Å².